The van der Waals surface area contributed by atoms with Crippen LogP contribution < -0.4 is 5.48 Å². The molecule has 2 N–H and O–H groups in total. The van der Waals surface area contributed by atoms with Gasteiger partial charge in [-0.25, -0.2) is 0 Å². The van der Waals surface area contributed by atoms with Gasteiger partial charge < -0.3 is 0 Å². The zero-order chi connectivity index (χ0) is 21.1. The Morgan fingerprint density at radius 3 is 2.67 bits per heavy atom. The molecule has 1 amide bonds. The fourth-order valence-electron chi connectivity index (χ4n) is 3.89. The van der Waals surface area contributed by atoms with E-state index in [9.17, 15) is 13.2 Å². The first-order valence-corrected chi connectivity index (χ1v) is 15.6. The van der Waals surface area contributed by atoms with Crippen LogP contribution in [0.4, 0.5) is 0 Å². The summed E-state index contributed by atoms with van der Waals surface area (Å²) in [4.78, 5) is 13.8. The second-order valence-electron chi connectivity index (χ2n) is 7.47. The molecule has 1 aliphatic carbocycles. The SMILES string of the molecule is O=C(NO)[C@H](CCc1ccccc1)[As]S(=O)(=O)c1ccc2c3c(sc2c1)CCCC3. The van der Waals surface area contributed by atoms with Gasteiger partial charge in [0, 0.05) is 0 Å². The van der Waals surface area contributed by atoms with E-state index in [1.54, 1.807) is 28.9 Å². The maximum absolute atomic E-state index is 13.1. The van der Waals surface area contributed by atoms with E-state index in [2.05, 4.69) is 0 Å². The van der Waals surface area contributed by atoms with Crippen LogP contribution in [0.15, 0.2) is 53.4 Å². The van der Waals surface area contributed by atoms with Crippen molar-refractivity contribution in [2.75, 3.05) is 0 Å². The van der Waals surface area contributed by atoms with E-state index in [-0.39, 0.29) is 4.90 Å². The number of hydroxylamine groups is 1. The van der Waals surface area contributed by atoms with E-state index >= 15 is 0 Å². The van der Waals surface area contributed by atoms with Gasteiger partial charge in [-0.2, -0.15) is 0 Å². The molecule has 0 fully saturated rings. The number of fused-ring (bicyclic) bond motifs is 3. The Balaban J connectivity index is 1.56. The minimum atomic E-state index is -3.58. The standard InChI is InChI=1S/C22H23AsNO4S2/c25-22(24-26)19(13-10-15-6-2-1-3-7-15)23-30(27,28)16-11-12-18-17-8-4-5-9-20(17)29-21(18)14-16/h1-3,6-7,11-12,14,19,26H,4-5,8-10,13H2,(H,24,25)/t19-/m0/s1. The monoisotopic (exact) mass is 504 g/mol. The van der Waals surface area contributed by atoms with E-state index < -0.39 is 33.3 Å². The molecule has 0 unspecified atom stereocenters. The summed E-state index contributed by atoms with van der Waals surface area (Å²) < 4.78 is 26.6. The number of nitrogens with one attached hydrogen (secondary N) is 1. The molecule has 1 aromatic heterocycles. The van der Waals surface area contributed by atoms with Crippen molar-refractivity contribution in [3.05, 3.63) is 64.5 Å². The third-order valence-corrected chi connectivity index (χ3v) is 13.8. The number of carbonyl (C=O) groups is 1. The second kappa shape index (κ2) is 9.23. The van der Waals surface area contributed by atoms with E-state index in [0.717, 1.165) is 23.1 Å². The van der Waals surface area contributed by atoms with E-state index in [1.165, 1.54) is 28.7 Å². The summed E-state index contributed by atoms with van der Waals surface area (Å²) in [6, 6.07) is 15.0. The Bertz CT molecular complexity index is 1160. The van der Waals surface area contributed by atoms with E-state index in [0.29, 0.717) is 12.8 Å². The van der Waals surface area contributed by atoms with Gasteiger partial charge in [0.25, 0.3) is 0 Å². The molecular weight excluding hydrogens is 481 g/mol. The van der Waals surface area contributed by atoms with E-state index in [1.807, 2.05) is 36.4 Å². The molecule has 0 saturated heterocycles. The molecule has 8 heteroatoms. The molecule has 1 atom stereocenters. The molecule has 0 bridgehead atoms. The van der Waals surface area contributed by atoms with Crippen molar-refractivity contribution in [3.8, 4) is 0 Å². The van der Waals surface area contributed by atoms with Crippen LogP contribution in [0.3, 0.4) is 0 Å². The fraction of sp³-hybridized carbons (Fsp3) is 0.318. The quantitative estimate of drug-likeness (QED) is 0.288. The van der Waals surface area contributed by atoms with Crippen LogP contribution in [0, 0.1) is 0 Å². The summed E-state index contributed by atoms with van der Waals surface area (Å²) in [6.45, 7) is 0. The van der Waals surface area contributed by atoms with Gasteiger partial charge in [0.2, 0.25) is 0 Å². The van der Waals surface area contributed by atoms with Gasteiger partial charge in [0.1, 0.15) is 0 Å². The van der Waals surface area contributed by atoms with Gasteiger partial charge in [0.05, 0.1) is 0 Å². The molecule has 0 spiro atoms. The van der Waals surface area contributed by atoms with Gasteiger partial charge in [-0.15, -0.1) is 0 Å². The van der Waals surface area contributed by atoms with Crippen molar-refractivity contribution >= 4 is 50.0 Å². The summed E-state index contributed by atoms with van der Waals surface area (Å²) in [5.41, 5.74) is 4.07. The summed E-state index contributed by atoms with van der Waals surface area (Å²) >= 11 is 0.316. The molecule has 0 aliphatic heterocycles. The Kier molecular flexibility index (Phi) is 6.63. The van der Waals surface area contributed by atoms with Crippen molar-refractivity contribution in [1.29, 1.82) is 0 Å². The molecule has 2 aromatic carbocycles. The number of hydrogen-bond donors (Lipinski definition) is 2. The molecule has 30 heavy (non-hydrogen) atoms. The maximum atomic E-state index is 13.1. The first kappa shape index (κ1) is 21.6. The van der Waals surface area contributed by atoms with Crippen LogP contribution in [-0.4, -0.2) is 34.1 Å². The third kappa shape index (κ3) is 4.64. The van der Waals surface area contributed by atoms with Crippen molar-refractivity contribution in [2.45, 2.75) is 48.1 Å². The Hall–Kier alpha value is -1.66. The molecular formula is C22H23AsNO4S2. The average Bonchev–Trinajstić information content (AvgIpc) is 3.14. The van der Waals surface area contributed by atoms with Crippen LogP contribution in [-0.2, 0) is 32.2 Å². The summed E-state index contributed by atoms with van der Waals surface area (Å²) in [7, 11) is -3.58. The molecule has 0 saturated carbocycles. The molecule has 3 aromatic rings. The molecule has 1 radical (unpaired) electrons. The topological polar surface area (TPSA) is 83.5 Å². The van der Waals surface area contributed by atoms with Crippen LogP contribution >= 0.6 is 11.3 Å². The normalized spacial score (nSPS) is 15.4. The zero-order valence-corrected chi connectivity index (χ0v) is 19.9. The van der Waals surface area contributed by atoms with Crippen molar-refractivity contribution in [1.82, 2.24) is 5.48 Å². The Labute approximate surface area is 186 Å². The van der Waals surface area contributed by atoms with Gasteiger partial charge in [-0.05, 0) is 0 Å². The predicted octanol–water partition coefficient (Wildman–Crippen LogP) is 4.10. The number of amides is 1. The first-order valence-electron chi connectivity index (χ1n) is 9.97. The van der Waals surface area contributed by atoms with Gasteiger partial charge in [-0.3, -0.25) is 0 Å². The molecule has 5 nitrogen and oxygen atoms in total. The van der Waals surface area contributed by atoms with Crippen molar-refractivity contribution in [3.63, 3.8) is 0 Å². The van der Waals surface area contributed by atoms with E-state index in [4.69, 9.17) is 5.21 Å². The van der Waals surface area contributed by atoms with Crippen LogP contribution in [0.5, 0.6) is 0 Å². The molecule has 1 heterocycles. The summed E-state index contributed by atoms with van der Waals surface area (Å²) in [5, 5.41) is 10.3. The number of rotatable bonds is 7. The fourth-order valence-corrected chi connectivity index (χ4v) is 11.7. The number of carbonyl (C=O) groups excluding carboxylic acids is 1. The molecule has 1 aliphatic rings. The van der Waals surface area contributed by atoms with Crippen LogP contribution in [0.25, 0.3) is 10.1 Å². The minimum absolute atomic E-state index is 0.282. The van der Waals surface area contributed by atoms with Gasteiger partial charge in [0.15, 0.2) is 0 Å². The number of hydrogen-bond acceptors (Lipinski definition) is 5. The zero-order valence-electron chi connectivity index (χ0n) is 16.4. The number of thiophene rings is 1. The third-order valence-electron chi connectivity index (χ3n) is 5.45. The van der Waals surface area contributed by atoms with Crippen LogP contribution in [0.1, 0.15) is 35.3 Å². The van der Waals surface area contributed by atoms with Gasteiger partial charge >= 0.3 is 187 Å². The number of benzene rings is 2. The molecule has 157 valence electrons. The summed E-state index contributed by atoms with van der Waals surface area (Å²) in [5.74, 6) is -0.623. The Morgan fingerprint density at radius 1 is 1.13 bits per heavy atom. The van der Waals surface area contributed by atoms with Crippen LogP contribution in [0.2, 0.25) is 4.71 Å². The molecule has 4 rings (SSSR count). The average molecular weight is 504 g/mol. The summed E-state index contributed by atoms with van der Waals surface area (Å²) in [6.07, 6.45) is 5.47. The first-order chi connectivity index (χ1) is 14.5. The van der Waals surface area contributed by atoms with Crippen molar-refractivity contribution in [2.24, 2.45) is 0 Å². The number of aryl methyl sites for hydroxylation is 3. The Morgan fingerprint density at radius 2 is 1.90 bits per heavy atom. The van der Waals surface area contributed by atoms with Crippen molar-refractivity contribution < 1.29 is 18.4 Å². The predicted molar refractivity (Wildman–Crippen MR) is 120 cm³/mol. The van der Waals surface area contributed by atoms with Gasteiger partial charge in [-0.1, -0.05) is 0 Å². The second-order valence-corrected chi connectivity index (χ2v) is 15.9.